The molecule has 0 aliphatic heterocycles. The van der Waals surface area contributed by atoms with Crippen molar-refractivity contribution in [3.63, 3.8) is 0 Å². The normalized spacial score (nSPS) is 11.2. The number of carbonyl (C=O) groups is 2. The third-order valence-electron chi connectivity index (χ3n) is 5.79. The number of aromatic hydroxyl groups is 1. The number of rotatable bonds is 8. The van der Waals surface area contributed by atoms with Crippen molar-refractivity contribution < 1.29 is 19.1 Å². The molecule has 36 heavy (non-hydrogen) atoms. The van der Waals surface area contributed by atoms with Crippen molar-refractivity contribution >= 4 is 40.5 Å². The van der Waals surface area contributed by atoms with Gasteiger partial charge in [0.2, 0.25) is 5.91 Å². The fourth-order valence-electron chi connectivity index (χ4n) is 3.83. The minimum absolute atomic E-state index is 0.0721. The second-order valence-electron chi connectivity index (χ2n) is 8.09. The lowest BCUT2D eigenvalue weighted by molar-refractivity contribution is -0.132. The molecule has 2 N–H and O–H groups in total. The molecule has 0 aliphatic rings. The average Bonchev–Trinajstić information content (AvgIpc) is 3.28. The molecule has 4 aromatic rings. The molecule has 0 aliphatic carbocycles. The van der Waals surface area contributed by atoms with Crippen LogP contribution in [0.2, 0.25) is 5.02 Å². The number of phenols is 1. The highest BCUT2D eigenvalue weighted by Gasteiger charge is 2.16. The van der Waals surface area contributed by atoms with E-state index < -0.39 is 5.91 Å². The molecule has 1 aromatic heterocycles. The first-order valence-corrected chi connectivity index (χ1v) is 11.7. The molecule has 184 valence electrons. The van der Waals surface area contributed by atoms with Gasteiger partial charge in [0.25, 0.3) is 5.91 Å². The smallest absolute Gasteiger partial charge is 0.271 e. The molecule has 1 heterocycles. The summed E-state index contributed by atoms with van der Waals surface area (Å²) in [6.07, 6.45) is 3.33. The molecule has 0 bridgehead atoms. The van der Waals surface area contributed by atoms with Crippen molar-refractivity contribution in [2.24, 2.45) is 5.10 Å². The van der Waals surface area contributed by atoms with E-state index in [0.717, 1.165) is 16.5 Å². The highest BCUT2D eigenvalue weighted by molar-refractivity contribution is 6.32. The fraction of sp³-hybridized carbons (Fsp3) is 0.148. The van der Waals surface area contributed by atoms with Crippen LogP contribution in [0.1, 0.15) is 28.4 Å². The SMILES string of the molecule is CCN(Cc1ccccc1F)C(=O)Cn1ccc2c(/C=N/NC(=O)c3ccc(O)c(Cl)c3)cccc21. The predicted octanol–water partition coefficient (Wildman–Crippen LogP) is 4.95. The van der Waals surface area contributed by atoms with Gasteiger partial charge in [-0.2, -0.15) is 5.10 Å². The topological polar surface area (TPSA) is 86.9 Å². The Bertz CT molecular complexity index is 1450. The van der Waals surface area contributed by atoms with Crippen molar-refractivity contribution in [1.82, 2.24) is 14.9 Å². The molecule has 9 heteroatoms. The number of hydrogen-bond donors (Lipinski definition) is 2. The van der Waals surface area contributed by atoms with Crippen LogP contribution in [0.25, 0.3) is 10.9 Å². The molecule has 0 spiro atoms. The Morgan fingerprint density at radius 3 is 2.69 bits per heavy atom. The summed E-state index contributed by atoms with van der Waals surface area (Å²) >= 11 is 5.85. The number of nitrogens with zero attached hydrogens (tertiary/aromatic N) is 3. The number of carbonyl (C=O) groups excluding carboxylic acids is 2. The van der Waals surface area contributed by atoms with Gasteiger partial charge < -0.3 is 14.6 Å². The van der Waals surface area contributed by atoms with Gasteiger partial charge >= 0.3 is 0 Å². The third-order valence-corrected chi connectivity index (χ3v) is 6.09. The maximum atomic E-state index is 14.1. The van der Waals surface area contributed by atoms with E-state index in [1.807, 2.05) is 42.0 Å². The number of fused-ring (bicyclic) bond motifs is 1. The monoisotopic (exact) mass is 506 g/mol. The standard InChI is InChI=1S/C27H24ClFN4O3/c1-2-32(16-20-6-3-4-8-23(20)29)26(35)17-33-13-12-21-19(7-5-9-24(21)33)15-30-31-27(36)18-10-11-25(34)22(28)14-18/h3-15,34H,2,16-17H2,1H3,(H,31,36)/b30-15+. The van der Waals surface area contributed by atoms with E-state index in [1.165, 1.54) is 30.5 Å². The van der Waals surface area contributed by atoms with Gasteiger partial charge in [-0.1, -0.05) is 41.9 Å². The summed E-state index contributed by atoms with van der Waals surface area (Å²) in [5.41, 5.74) is 4.75. The van der Waals surface area contributed by atoms with Crippen molar-refractivity contribution in [3.8, 4) is 5.75 Å². The average molecular weight is 507 g/mol. The van der Waals surface area contributed by atoms with Gasteiger partial charge in [-0.15, -0.1) is 0 Å². The van der Waals surface area contributed by atoms with Crippen LogP contribution in [0, 0.1) is 5.82 Å². The van der Waals surface area contributed by atoms with Gasteiger partial charge in [0.05, 0.1) is 11.2 Å². The van der Waals surface area contributed by atoms with Crippen molar-refractivity contribution in [1.29, 1.82) is 0 Å². The zero-order valence-corrected chi connectivity index (χ0v) is 20.2. The Labute approximate surface area is 212 Å². The minimum atomic E-state index is -0.474. The molecule has 0 unspecified atom stereocenters. The predicted molar refractivity (Wildman–Crippen MR) is 138 cm³/mol. The summed E-state index contributed by atoms with van der Waals surface area (Å²) in [6.45, 7) is 2.62. The summed E-state index contributed by atoms with van der Waals surface area (Å²) in [6, 6.07) is 18.0. The van der Waals surface area contributed by atoms with Gasteiger partial charge in [-0.25, -0.2) is 9.82 Å². The van der Waals surface area contributed by atoms with Gasteiger partial charge in [0.15, 0.2) is 0 Å². The van der Waals surface area contributed by atoms with Crippen LogP contribution < -0.4 is 5.43 Å². The van der Waals surface area contributed by atoms with Crippen molar-refractivity contribution in [2.45, 2.75) is 20.0 Å². The molecule has 7 nitrogen and oxygen atoms in total. The Morgan fingerprint density at radius 2 is 1.94 bits per heavy atom. The molecule has 0 saturated carbocycles. The second kappa shape index (κ2) is 11.0. The Balaban J connectivity index is 1.46. The first-order valence-electron chi connectivity index (χ1n) is 11.3. The van der Waals surface area contributed by atoms with Crippen LogP contribution in [0.4, 0.5) is 4.39 Å². The van der Waals surface area contributed by atoms with Crippen LogP contribution in [0.3, 0.4) is 0 Å². The van der Waals surface area contributed by atoms with Crippen molar-refractivity contribution in [3.05, 3.63) is 100 Å². The fourth-order valence-corrected chi connectivity index (χ4v) is 4.01. The van der Waals surface area contributed by atoms with E-state index in [-0.39, 0.29) is 41.1 Å². The van der Waals surface area contributed by atoms with E-state index in [9.17, 15) is 19.1 Å². The van der Waals surface area contributed by atoms with E-state index in [4.69, 9.17) is 11.6 Å². The minimum Gasteiger partial charge on any atom is -0.506 e. The number of amides is 2. The number of likely N-dealkylation sites (N-methyl/N-ethyl adjacent to an activating group) is 1. The first kappa shape index (κ1) is 24.9. The summed E-state index contributed by atoms with van der Waals surface area (Å²) in [4.78, 5) is 26.9. The Hall–Kier alpha value is -4.17. The number of halogens is 2. The lowest BCUT2D eigenvalue weighted by Gasteiger charge is -2.22. The molecule has 0 radical (unpaired) electrons. The summed E-state index contributed by atoms with van der Waals surface area (Å²) < 4.78 is 15.9. The lowest BCUT2D eigenvalue weighted by Crippen LogP contribution is -2.33. The van der Waals surface area contributed by atoms with Crippen LogP contribution >= 0.6 is 11.6 Å². The van der Waals surface area contributed by atoms with E-state index >= 15 is 0 Å². The number of nitrogens with one attached hydrogen (secondary N) is 1. The van der Waals surface area contributed by atoms with Gasteiger partial charge in [-0.05, 0) is 43.3 Å². The van der Waals surface area contributed by atoms with Gasteiger partial charge in [0, 0.05) is 46.9 Å². The largest absolute Gasteiger partial charge is 0.506 e. The molecule has 0 fully saturated rings. The van der Waals surface area contributed by atoms with Crippen LogP contribution in [0.15, 0.2) is 78.0 Å². The van der Waals surface area contributed by atoms with Gasteiger partial charge in [0.1, 0.15) is 18.1 Å². The highest BCUT2D eigenvalue weighted by Crippen LogP contribution is 2.23. The summed E-state index contributed by atoms with van der Waals surface area (Å²) in [7, 11) is 0. The Morgan fingerprint density at radius 1 is 1.14 bits per heavy atom. The van der Waals surface area contributed by atoms with Crippen LogP contribution in [0.5, 0.6) is 5.75 Å². The van der Waals surface area contributed by atoms with E-state index in [0.29, 0.717) is 12.1 Å². The maximum Gasteiger partial charge on any atom is 0.271 e. The molecular weight excluding hydrogens is 483 g/mol. The molecule has 4 rings (SSSR count). The molecular formula is C27H24ClFN4O3. The van der Waals surface area contributed by atoms with Crippen molar-refractivity contribution in [2.75, 3.05) is 6.54 Å². The number of hydrazone groups is 1. The van der Waals surface area contributed by atoms with Crippen LogP contribution in [-0.4, -0.2) is 39.1 Å². The summed E-state index contributed by atoms with van der Waals surface area (Å²) in [5.74, 6) is -1.05. The molecule has 3 aromatic carbocycles. The molecule has 2 amide bonds. The molecule has 0 atom stereocenters. The third kappa shape index (κ3) is 5.55. The highest BCUT2D eigenvalue weighted by atomic mass is 35.5. The van der Waals surface area contributed by atoms with E-state index in [1.54, 1.807) is 23.1 Å². The Kier molecular flexibility index (Phi) is 7.65. The number of benzene rings is 3. The van der Waals surface area contributed by atoms with Gasteiger partial charge in [-0.3, -0.25) is 9.59 Å². The quantitative estimate of drug-likeness (QED) is 0.262. The zero-order chi connectivity index (χ0) is 25.7. The number of phenolic OH excluding ortho intramolecular Hbond substituents is 1. The molecule has 0 saturated heterocycles. The maximum absolute atomic E-state index is 14.1. The second-order valence-corrected chi connectivity index (χ2v) is 8.50. The zero-order valence-electron chi connectivity index (χ0n) is 19.5. The number of aromatic nitrogens is 1. The van der Waals surface area contributed by atoms with E-state index in [2.05, 4.69) is 10.5 Å². The summed E-state index contributed by atoms with van der Waals surface area (Å²) in [5, 5.41) is 14.5. The number of hydrogen-bond acceptors (Lipinski definition) is 4. The van der Waals surface area contributed by atoms with Crippen LogP contribution in [-0.2, 0) is 17.9 Å². The first-order chi connectivity index (χ1) is 17.4. The lowest BCUT2D eigenvalue weighted by atomic mass is 10.1.